The molecule has 0 unspecified atom stereocenters. The zero-order valence-electron chi connectivity index (χ0n) is 21.1. The standard InChI is InChI=1S/C16H10O5.C16H10O4/c17-11-4-1-9(2-5-11)15-8-13(18)12-7-10(16(19)20)3-6-14(12)21-15;17-13-9-15(10-4-2-1-3-5-10)20-14-7-6-11(16(18)19)8-12(13)14/h1-8,17H,(H,19,20);1-9H,(H,18,19). The van der Waals surface area contributed by atoms with E-state index in [1.54, 1.807) is 12.1 Å². The number of benzene rings is 4. The highest BCUT2D eigenvalue weighted by molar-refractivity contribution is 5.94. The van der Waals surface area contributed by atoms with Gasteiger partial charge < -0.3 is 24.2 Å². The highest BCUT2D eigenvalue weighted by Crippen LogP contribution is 2.25. The number of carboxylic acids is 2. The molecule has 202 valence electrons. The summed E-state index contributed by atoms with van der Waals surface area (Å²) in [5.41, 5.74) is 1.67. The van der Waals surface area contributed by atoms with E-state index in [0.717, 1.165) is 5.56 Å². The van der Waals surface area contributed by atoms with Crippen LogP contribution in [0.5, 0.6) is 5.75 Å². The maximum atomic E-state index is 12.1. The summed E-state index contributed by atoms with van der Waals surface area (Å²) in [4.78, 5) is 46.0. The van der Waals surface area contributed by atoms with Gasteiger partial charge in [-0.2, -0.15) is 0 Å². The highest BCUT2D eigenvalue weighted by atomic mass is 16.4. The second kappa shape index (κ2) is 11.0. The Labute approximate surface area is 230 Å². The van der Waals surface area contributed by atoms with Gasteiger partial charge in [0.25, 0.3) is 0 Å². The van der Waals surface area contributed by atoms with Crippen molar-refractivity contribution in [2.75, 3.05) is 0 Å². The Morgan fingerprint density at radius 2 is 0.976 bits per heavy atom. The molecule has 0 radical (unpaired) electrons. The van der Waals surface area contributed by atoms with Crippen LogP contribution in [0.2, 0.25) is 0 Å². The molecular weight excluding hydrogens is 528 g/mol. The molecule has 0 bridgehead atoms. The van der Waals surface area contributed by atoms with Gasteiger partial charge in [-0.05, 0) is 60.7 Å². The molecule has 4 aromatic carbocycles. The van der Waals surface area contributed by atoms with Crippen molar-refractivity contribution in [3.63, 3.8) is 0 Å². The number of hydrogen-bond acceptors (Lipinski definition) is 7. The number of aromatic carboxylic acids is 2. The Morgan fingerprint density at radius 3 is 1.41 bits per heavy atom. The van der Waals surface area contributed by atoms with Crippen molar-refractivity contribution in [3.05, 3.63) is 135 Å². The summed E-state index contributed by atoms with van der Waals surface area (Å²) in [7, 11) is 0. The van der Waals surface area contributed by atoms with Crippen molar-refractivity contribution in [1.29, 1.82) is 0 Å². The van der Waals surface area contributed by atoms with Crippen molar-refractivity contribution in [1.82, 2.24) is 0 Å². The zero-order chi connectivity index (χ0) is 29.1. The summed E-state index contributed by atoms with van der Waals surface area (Å²) in [6, 6.07) is 26.6. The Hall–Kier alpha value is -5.96. The van der Waals surface area contributed by atoms with E-state index < -0.39 is 11.9 Å². The van der Waals surface area contributed by atoms with Crippen LogP contribution in [0, 0.1) is 0 Å². The van der Waals surface area contributed by atoms with Crippen LogP contribution in [0.1, 0.15) is 20.7 Å². The van der Waals surface area contributed by atoms with Crippen LogP contribution in [-0.2, 0) is 0 Å². The second-order valence-electron chi connectivity index (χ2n) is 8.89. The molecule has 6 rings (SSSR count). The first-order valence-electron chi connectivity index (χ1n) is 12.2. The molecule has 0 saturated heterocycles. The van der Waals surface area contributed by atoms with Crippen LogP contribution in [0.15, 0.2) is 122 Å². The molecule has 2 aromatic heterocycles. The van der Waals surface area contributed by atoms with E-state index in [9.17, 15) is 24.3 Å². The third kappa shape index (κ3) is 5.74. The Kier molecular flexibility index (Phi) is 7.17. The predicted molar refractivity (Wildman–Crippen MR) is 151 cm³/mol. The fourth-order valence-electron chi connectivity index (χ4n) is 4.09. The van der Waals surface area contributed by atoms with Gasteiger partial charge in [-0.3, -0.25) is 9.59 Å². The number of phenols is 1. The first-order valence-corrected chi connectivity index (χ1v) is 12.2. The van der Waals surface area contributed by atoms with Gasteiger partial charge >= 0.3 is 11.9 Å². The van der Waals surface area contributed by atoms with Crippen LogP contribution >= 0.6 is 0 Å². The molecule has 9 heteroatoms. The highest BCUT2D eigenvalue weighted by Gasteiger charge is 2.11. The van der Waals surface area contributed by atoms with Gasteiger partial charge in [0, 0.05) is 23.3 Å². The monoisotopic (exact) mass is 548 g/mol. The number of phenolic OH excluding ortho intramolecular Hbond substituents is 1. The van der Waals surface area contributed by atoms with Crippen LogP contribution in [0.3, 0.4) is 0 Å². The molecule has 0 spiro atoms. The largest absolute Gasteiger partial charge is 0.508 e. The molecule has 2 heterocycles. The molecule has 41 heavy (non-hydrogen) atoms. The molecule has 0 aliphatic carbocycles. The molecule has 0 saturated carbocycles. The van der Waals surface area contributed by atoms with E-state index in [2.05, 4.69) is 0 Å². The van der Waals surface area contributed by atoms with Gasteiger partial charge in [-0.1, -0.05) is 30.3 Å². The first kappa shape index (κ1) is 26.6. The molecular formula is C32H20O9. The lowest BCUT2D eigenvalue weighted by Gasteiger charge is -2.04. The average molecular weight is 549 g/mol. The minimum Gasteiger partial charge on any atom is -0.508 e. The van der Waals surface area contributed by atoms with E-state index in [4.69, 9.17) is 19.0 Å². The molecule has 0 aliphatic heterocycles. The first-order chi connectivity index (χ1) is 19.7. The number of fused-ring (bicyclic) bond motifs is 2. The van der Waals surface area contributed by atoms with Crippen LogP contribution in [-0.4, -0.2) is 27.3 Å². The van der Waals surface area contributed by atoms with Crippen LogP contribution in [0.4, 0.5) is 0 Å². The van der Waals surface area contributed by atoms with Crippen LogP contribution in [0.25, 0.3) is 44.6 Å². The van der Waals surface area contributed by atoms with Gasteiger partial charge in [-0.15, -0.1) is 0 Å². The third-order valence-electron chi connectivity index (χ3n) is 6.16. The van der Waals surface area contributed by atoms with Gasteiger partial charge in [0.2, 0.25) is 0 Å². The molecule has 3 N–H and O–H groups in total. The predicted octanol–water partition coefficient (Wildman–Crippen LogP) is 6.02. The number of carbonyl (C=O) groups is 2. The Bertz CT molecular complexity index is 2040. The molecule has 9 nitrogen and oxygen atoms in total. The van der Waals surface area contributed by atoms with Gasteiger partial charge in [-0.25, -0.2) is 9.59 Å². The minimum atomic E-state index is -1.10. The summed E-state index contributed by atoms with van der Waals surface area (Å²) in [5, 5.41) is 27.6. The van der Waals surface area contributed by atoms with E-state index in [0.29, 0.717) is 28.2 Å². The lowest BCUT2D eigenvalue weighted by atomic mass is 10.1. The Morgan fingerprint density at radius 1 is 0.537 bits per heavy atom. The summed E-state index contributed by atoms with van der Waals surface area (Å²) in [5.74, 6) is -1.23. The summed E-state index contributed by atoms with van der Waals surface area (Å²) >= 11 is 0. The molecule has 0 atom stereocenters. The molecule has 0 aliphatic rings. The topological polar surface area (TPSA) is 155 Å². The average Bonchev–Trinajstić information content (AvgIpc) is 2.98. The molecule has 0 amide bonds. The van der Waals surface area contributed by atoms with Crippen molar-refractivity contribution < 1.29 is 33.7 Å². The fraction of sp³-hybridized carbons (Fsp3) is 0. The maximum Gasteiger partial charge on any atom is 0.335 e. The zero-order valence-corrected chi connectivity index (χ0v) is 21.1. The molecule has 0 fully saturated rings. The van der Waals surface area contributed by atoms with Gasteiger partial charge in [0.1, 0.15) is 28.4 Å². The summed E-state index contributed by atoms with van der Waals surface area (Å²) in [6.45, 7) is 0. The number of carboxylic acid groups (broad SMARTS) is 2. The number of hydrogen-bond donors (Lipinski definition) is 3. The summed E-state index contributed by atoms with van der Waals surface area (Å²) < 4.78 is 11.3. The number of aromatic hydroxyl groups is 1. The van der Waals surface area contributed by atoms with Crippen LogP contribution < -0.4 is 10.9 Å². The SMILES string of the molecule is O=C(O)c1ccc2oc(-c3ccc(O)cc3)cc(=O)c2c1.O=C(O)c1ccc2oc(-c3ccccc3)cc(=O)c2c1. The van der Waals surface area contributed by atoms with E-state index in [1.807, 2.05) is 30.3 Å². The quantitative estimate of drug-likeness (QED) is 0.240. The van der Waals surface area contributed by atoms with Gasteiger partial charge in [0.05, 0.1) is 21.9 Å². The van der Waals surface area contributed by atoms with Crippen molar-refractivity contribution in [2.45, 2.75) is 0 Å². The smallest absolute Gasteiger partial charge is 0.335 e. The Balaban J connectivity index is 0.000000165. The van der Waals surface area contributed by atoms with Crippen molar-refractivity contribution in [2.24, 2.45) is 0 Å². The lowest BCUT2D eigenvalue weighted by molar-refractivity contribution is 0.0686. The number of rotatable bonds is 4. The van der Waals surface area contributed by atoms with E-state index in [1.165, 1.54) is 60.7 Å². The summed E-state index contributed by atoms with van der Waals surface area (Å²) in [6.07, 6.45) is 0. The minimum absolute atomic E-state index is 0.0344. The van der Waals surface area contributed by atoms with Gasteiger partial charge in [0.15, 0.2) is 10.9 Å². The fourth-order valence-corrected chi connectivity index (χ4v) is 4.09. The normalized spacial score (nSPS) is 10.6. The maximum absolute atomic E-state index is 12.1. The van der Waals surface area contributed by atoms with E-state index >= 15 is 0 Å². The lowest BCUT2D eigenvalue weighted by Crippen LogP contribution is -2.03. The third-order valence-corrected chi connectivity index (χ3v) is 6.16. The molecule has 6 aromatic rings. The second-order valence-corrected chi connectivity index (χ2v) is 8.89. The van der Waals surface area contributed by atoms with Crippen molar-refractivity contribution in [3.8, 4) is 28.4 Å². The van der Waals surface area contributed by atoms with Crippen molar-refractivity contribution >= 4 is 33.9 Å². The van der Waals surface area contributed by atoms with E-state index in [-0.39, 0.29) is 38.5 Å².